The van der Waals surface area contributed by atoms with Gasteiger partial charge in [0.2, 0.25) is 0 Å². The number of aliphatic hydroxyl groups excluding tert-OH is 1. The molecule has 0 radical (unpaired) electrons. The Morgan fingerprint density at radius 3 is 1.45 bits per heavy atom. The highest BCUT2D eigenvalue weighted by atomic mass is 32.1. The number of hydrogen-bond donors (Lipinski definition) is 4. The van der Waals surface area contributed by atoms with Crippen LogP contribution in [0.3, 0.4) is 0 Å². The van der Waals surface area contributed by atoms with Crippen molar-refractivity contribution < 1.29 is 24.9 Å². The molecule has 0 rings (SSSR count). The van der Waals surface area contributed by atoms with Crippen LogP contribution < -0.4 is 0 Å². The summed E-state index contributed by atoms with van der Waals surface area (Å²) in [6.45, 7) is 0. The molecular formula is C4H6O5S2. The molecule has 0 atom stereocenters. The molecule has 5 nitrogen and oxygen atoms in total. The summed E-state index contributed by atoms with van der Waals surface area (Å²) >= 11 is 7.19. The fourth-order valence-corrected chi connectivity index (χ4v) is 0. The lowest BCUT2D eigenvalue weighted by Crippen LogP contribution is -2.06. The molecule has 0 heterocycles. The van der Waals surface area contributed by atoms with Crippen molar-refractivity contribution in [3.8, 4) is 0 Å². The lowest BCUT2D eigenvalue weighted by atomic mass is 10.8. The second-order valence-electron chi connectivity index (χ2n) is 1.16. The summed E-state index contributed by atoms with van der Waals surface area (Å²) in [7, 11) is 0. The topological polar surface area (TPSA) is 94.8 Å². The van der Waals surface area contributed by atoms with Crippen molar-refractivity contribution in [1.82, 2.24) is 0 Å². The SMILES string of the molecule is O=C(O)C(O)=S.O=C(O)CS. The first-order valence-corrected chi connectivity index (χ1v) is 3.24. The van der Waals surface area contributed by atoms with Gasteiger partial charge in [0.15, 0.2) is 0 Å². The summed E-state index contributed by atoms with van der Waals surface area (Å²) in [5.41, 5.74) is 0. The Labute approximate surface area is 73.1 Å². The van der Waals surface area contributed by atoms with E-state index in [1.807, 2.05) is 0 Å². The average molecular weight is 198 g/mol. The molecule has 0 saturated heterocycles. The number of rotatable bonds is 1. The lowest BCUT2D eigenvalue weighted by Gasteiger charge is -1.76. The normalized spacial score (nSPS) is 7.36. The van der Waals surface area contributed by atoms with Crippen LogP contribution in [-0.4, -0.2) is 38.1 Å². The highest BCUT2D eigenvalue weighted by molar-refractivity contribution is 7.81. The highest BCUT2D eigenvalue weighted by Crippen LogP contribution is 1.66. The van der Waals surface area contributed by atoms with Crippen LogP contribution in [0.4, 0.5) is 0 Å². The number of hydrogen-bond acceptors (Lipinski definition) is 4. The van der Waals surface area contributed by atoms with E-state index in [0.29, 0.717) is 0 Å². The van der Waals surface area contributed by atoms with Crippen LogP contribution >= 0.6 is 24.8 Å². The van der Waals surface area contributed by atoms with Crippen molar-refractivity contribution in [2.45, 2.75) is 0 Å². The molecule has 0 aromatic heterocycles. The van der Waals surface area contributed by atoms with Crippen LogP contribution in [0.1, 0.15) is 0 Å². The van der Waals surface area contributed by atoms with Gasteiger partial charge in [-0.1, -0.05) is 0 Å². The summed E-state index contributed by atoms with van der Waals surface area (Å²) in [5, 5.41) is 22.0. The first-order chi connectivity index (χ1) is 4.91. The largest absolute Gasteiger partial charge is 0.494 e. The van der Waals surface area contributed by atoms with Crippen molar-refractivity contribution >= 4 is 41.8 Å². The van der Waals surface area contributed by atoms with Gasteiger partial charge in [0.25, 0.3) is 5.05 Å². The molecule has 0 aromatic rings. The predicted molar refractivity (Wildman–Crippen MR) is 44.4 cm³/mol. The maximum atomic E-state index is 9.31. The van der Waals surface area contributed by atoms with Crippen molar-refractivity contribution in [3.05, 3.63) is 0 Å². The highest BCUT2D eigenvalue weighted by Gasteiger charge is 1.97. The van der Waals surface area contributed by atoms with E-state index in [1.54, 1.807) is 0 Å². The molecule has 0 fully saturated rings. The zero-order valence-electron chi connectivity index (χ0n) is 5.22. The van der Waals surface area contributed by atoms with E-state index < -0.39 is 17.0 Å². The first kappa shape index (κ1) is 12.8. The van der Waals surface area contributed by atoms with Crippen molar-refractivity contribution in [2.75, 3.05) is 5.75 Å². The van der Waals surface area contributed by atoms with Crippen LogP contribution in [0.25, 0.3) is 0 Å². The minimum Gasteiger partial charge on any atom is -0.494 e. The van der Waals surface area contributed by atoms with Gasteiger partial charge in [0.1, 0.15) is 0 Å². The third kappa shape index (κ3) is 17.6. The van der Waals surface area contributed by atoms with Crippen LogP contribution in [0.5, 0.6) is 0 Å². The molecule has 0 aliphatic rings. The molecule has 11 heavy (non-hydrogen) atoms. The van der Waals surface area contributed by atoms with E-state index in [0.717, 1.165) is 0 Å². The number of carbonyl (C=O) groups is 2. The second-order valence-corrected chi connectivity index (χ2v) is 1.87. The second kappa shape index (κ2) is 7.29. The van der Waals surface area contributed by atoms with Gasteiger partial charge in [-0.3, -0.25) is 4.79 Å². The Morgan fingerprint density at radius 2 is 1.45 bits per heavy atom. The maximum Gasteiger partial charge on any atom is 0.382 e. The van der Waals surface area contributed by atoms with Gasteiger partial charge in [0.05, 0.1) is 5.75 Å². The van der Waals surface area contributed by atoms with Gasteiger partial charge in [-0.2, -0.15) is 12.6 Å². The fourth-order valence-electron chi connectivity index (χ4n) is 0. The predicted octanol–water partition coefficient (Wildman–Crippen LogP) is -0.0428. The van der Waals surface area contributed by atoms with Gasteiger partial charge in [-0.05, 0) is 12.2 Å². The van der Waals surface area contributed by atoms with Gasteiger partial charge < -0.3 is 15.3 Å². The van der Waals surface area contributed by atoms with Crippen LogP contribution in [-0.2, 0) is 9.59 Å². The number of thiocarbonyl (C=S) groups is 1. The van der Waals surface area contributed by atoms with Crippen molar-refractivity contribution in [3.63, 3.8) is 0 Å². The molecule has 0 aliphatic carbocycles. The number of aliphatic hydroxyl groups is 1. The van der Waals surface area contributed by atoms with Gasteiger partial charge >= 0.3 is 11.9 Å². The zero-order chi connectivity index (χ0) is 9.44. The number of carboxylic acid groups (broad SMARTS) is 2. The molecule has 0 unspecified atom stereocenters. The molecule has 0 spiro atoms. The van der Waals surface area contributed by atoms with E-state index in [-0.39, 0.29) is 5.75 Å². The third-order valence-electron chi connectivity index (χ3n) is 0.318. The zero-order valence-corrected chi connectivity index (χ0v) is 6.93. The standard InChI is InChI=1S/C2H2O3S.C2H4O2S/c3-1(4)2(5)6;3-2(4)1-5/h(H,3,4)(H,5,6);5H,1H2,(H,3,4). The Morgan fingerprint density at radius 1 is 1.27 bits per heavy atom. The van der Waals surface area contributed by atoms with E-state index in [2.05, 4.69) is 24.8 Å². The van der Waals surface area contributed by atoms with Crippen LogP contribution in [0, 0.1) is 0 Å². The molecule has 7 heteroatoms. The molecule has 0 aromatic carbocycles. The summed E-state index contributed by atoms with van der Waals surface area (Å²) in [4.78, 5) is 18.6. The summed E-state index contributed by atoms with van der Waals surface area (Å²) < 4.78 is 0. The summed E-state index contributed by atoms with van der Waals surface area (Å²) in [6, 6.07) is 0. The summed E-state index contributed by atoms with van der Waals surface area (Å²) in [5.74, 6) is -2.42. The fraction of sp³-hybridized carbons (Fsp3) is 0.250. The van der Waals surface area contributed by atoms with Crippen molar-refractivity contribution in [1.29, 1.82) is 0 Å². The minimum atomic E-state index is -1.45. The van der Waals surface area contributed by atoms with E-state index in [1.165, 1.54) is 0 Å². The minimum absolute atomic E-state index is 0.0833. The third-order valence-corrected chi connectivity index (χ3v) is 0.763. The molecule has 0 aliphatic heterocycles. The van der Waals surface area contributed by atoms with Crippen molar-refractivity contribution in [2.24, 2.45) is 0 Å². The molecule has 64 valence electrons. The monoisotopic (exact) mass is 198 g/mol. The Hall–Kier alpha value is -0.820. The molecule has 3 N–H and O–H groups in total. The number of carboxylic acids is 2. The average Bonchev–Trinajstić information content (AvgIpc) is 1.89. The number of aliphatic carboxylic acids is 2. The molecular weight excluding hydrogens is 192 g/mol. The summed E-state index contributed by atoms with van der Waals surface area (Å²) in [6.07, 6.45) is 0. The van der Waals surface area contributed by atoms with Crippen LogP contribution in [0.15, 0.2) is 0 Å². The lowest BCUT2D eigenvalue weighted by molar-refractivity contribution is -0.134. The smallest absolute Gasteiger partial charge is 0.382 e. The Balaban J connectivity index is 0. The van der Waals surface area contributed by atoms with E-state index >= 15 is 0 Å². The maximum absolute atomic E-state index is 9.31. The molecule has 0 bridgehead atoms. The van der Waals surface area contributed by atoms with E-state index in [4.69, 9.17) is 15.3 Å². The first-order valence-electron chi connectivity index (χ1n) is 2.20. The molecule has 0 saturated carbocycles. The Bertz CT molecular complexity index is 154. The van der Waals surface area contributed by atoms with Gasteiger partial charge in [-0.15, -0.1) is 0 Å². The molecule has 0 amide bonds. The van der Waals surface area contributed by atoms with Crippen LogP contribution in [0.2, 0.25) is 0 Å². The van der Waals surface area contributed by atoms with Gasteiger partial charge in [-0.25, -0.2) is 4.79 Å². The Kier molecular flexibility index (Phi) is 8.50. The van der Waals surface area contributed by atoms with Gasteiger partial charge in [0, 0.05) is 0 Å². The number of thiol groups is 1. The van der Waals surface area contributed by atoms with E-state index in [9.17, 15) is 9.59 Å². The quantitative estimate of drug-likeness (QED) is 0.349.